The summed E-state index contributed by atoms with van der Waals surface area (Å²) >= 11 is 7.21. The molecule has 1 aliphatic rings. The van der Waals surface area contributed by atoms with Gasteiger partial charge in [-0.1, -0.05) is 28.1 Å². The third-order valence-corrected chi connectivity index (χ3v) is 5.83. The normalized spacial score (nSPS) is 16.9. The van der Waals surface area contributed by atoms with E-state index in [9.17, 15) is 0 Å². The fourth-order valence-corrected chi connectivity index (χ4v) is 4.89. The zero-order valence-corrected chi connectivity index (χ0v) is 16.5. The summed E-state index contributed by atoms with van der Waals surface area (Å²) in [6.07, 6.45) is 3.19. The Labute approximate surface area is 158 Å². The summed E-state index contributed by atoms with van der Waals surface area (Å²) in [6, 6.07) is 15.0. The molecule has 0 saturated heterocycles. The summed E-state index contributed by atoms with van der Waals surface area (Å²) in [5.41, 5.74) is 5.02. The van der Waals surface area contributed by atoms with Crippen LogP contribution in [0.3, 0.4) is 0 Å². The highest BCUT2D eigenvalue weighted by molar-refractivity contribution is 9.11. The quantitative estimate of drug-likeness (QED) is 0.478. The Morgan fingerprint density at radius 3 is 2.83 bits per heavy atom. The molecule has 2 aromatic carbocycles. The van der Waals surface area contributed by atoms with Gasteiger partial charge in [-0.15, -0.1) is 0 Å². The molecule has 24 heavy (non-hydrogen) atoms. The topological polar surface area (TPSA) is 22.1 Å². The van der Waals surface area contributed by atoms with Crippen molar-refractivity contribution < 1.29 is 4.74 Å². The number of ether oxygens (including phenoxy) is 1. The van der Waals surface area contributed by atoms with E-state index in [0.29, 0.717) is 5.92 Å². The van der Waals surface area contributed by atoms with E-state index in [-0.39, 0.29) is 0 Å². The van der Waals surface area contributed by atoms with Crippen LogP contribution in [-0.2, 0) is 12.8 Å². The van der Waals surface area contributed by atoms with Crippen LogP contribution < -0.4 is 4.74 Å². The molecule has 1 aromatic heterocycles. The van der Waals surface area contributed by atoms with Gasteiger partial charge in [-0.05, 0) is 82.6 Å². The van der Waals surface area contributed by atoms with E-state index < -0.39 is 0 Å². The summed E-state index contributed by atoms with van der Waals surface area (Å²) in [5, 5.41) is 1.18. The molecule has 0 saturated carbocycles. The highest BCUT2D eigenvalue weighted by Gasteiger charge is 2.22. The fourth-order valence-electron chi connectivity index (χ4n) is 3.54. The predicted octanol–water partition coefficient (Wildman–Crippen LogP) is 6.04. The van der Waals surface area contributed by atoms with Crippen molar-refractivity contribution in [3.8, 4) is 5.75 Å². The average molecular weight is 447 g/mol. The number of aryl methyl sites for hydroxylation is 1. The Morgan fingerprint density at radius 1 is 1.12 bits per heavy atom. The minimum Gasteiger partial charge on any atom is -0.497 e. The van der Waals surface area contributed by atoms with Crippen molar-refractivity contribution in [2.75, 3.05) is 7.11 Å². The molecule has 0 spiro atoms. The van der Waals surface area contributed by atoms with E-state index in [1.807, 2.05) is 6.07 Å². The minimum absolute atomic E-state index is 0.530. The first-order valence-electron chi connectivity index (χ1n) is 8.05. The van der Waals surface area contributed by atoms with Gasteiger partial charge < -0.3 is 4.74 Å². The Bertz CT molecular complexity index is 923. The Kier molecular flexibility index (Phi) is 4.35. The number of hydrogen-bond donors (Lipinski definition) is 0. The molecule has 1 heterocycles. The van der Waals surface area contributed by atoms with Crippen molar-refractivity contribution in [1.29, 1.82) is 0 Å². The second kappa shape index (κ2) is 6.49. The molecular formula is C20H17Br2NO. The van der Waals surface area contributed by atoms with E-state index in [0.717, 1.165) is 39.5 Å². The van der Waals surface area contributed by atoms with Gasteiger partial charge >= 0.3 is 0 Å². The van der Waals surface area contributed by atoms with Crippen molar-refractivity contribution in [2.45, 2.75) is 25.2 Å². The first kappa shape index (κ1) is 16.1. The molecule has 0 unspecified atom stereocenters. The van der Waals surface area contributed by atoms with Gasteiger partial charge in [0.1, 0.15) is 5.75 Å². The summed E-state index contributed by atoms with van der Waals surface area (Å²) in [5.74, 6) is 1.46. The summed E-state index contributed by atoms with van der Waals surface area (Å²) in [4.78, 5) is 4.93. The lowest BCUT2D eigenvalue weighted by Crippen LogP contribution is -2.14. The minimum atomic E-state index is 0.530. The fraction of sp³-hybridized carbons (Fsp3) is 0.250. The van der Waals surface area contributed by atoms with E-state index in [4.69, 9.17) is 9.72 Å². The largest absolute Gasteiger partial charge is 0.497 e. The lowest BCUT2D eigenvalue weighted by molar-refractivity contribution is 0.413. The molecule has 4 heteroatoms. The highest BCUT2D eigenvalue weighted by Crippen LogP contribution is 2.36. The number of methoxy groups -OCH3 is 1. The maximum absolute atomic E-state index is 5.38. The van der Waals surface area contributed by atoms with Gasteiger partial charge in [0.05, 0.1) is 12.6 Å². The first-order chi connectivity index (χ1) is 11.6. The Morgan fingerprint density at radius 2 is 2.00 bits per heavy atom. The van der Waals surface area contributed by atoms with Gasteiger partial charge in [0.2, 0.25) is 0 Å². The van der Waals surface area contributed by atoms with Crippen LogP contribution in [0.4, 0.5) is 0 Å². The molecule has 122 valence electrons. The molecule has 1 atom stereocenters. The van der Waals surface area contributed by atoms with Crippen molar-refractivity contribution in [3.05, 3.63) is 68.2 Å². The number of pyridine rings is 1. The number of nitrogens with zero attached hydrogens (tertiary/aromatic N) is 1. The number of hydrogen-bond acceptors (Lipinski definition) is 2. The van der Waals surface area contributed by atoms with E-state index in [2.05, 4.69) is 68.3 Å². The van der Waals surface area contributed by atoms with Crippen LogP contribution in [0.15, 0.2) is 51.4 Å². The van der Waals surface area contributed by atoms with Gasteiger partial charge in [-0.3, -0.25) is 4.98 Å². The molecule has 0 amide bonds. The monoisotopic (exact) mass is 445 g/mol. The molecule has 2 nitrogen and oxygen atoms in total. The Hall–Kier alpha value is -1.39. The number of fused-ring (bicyclic) bond motifs is 2. The summed E-state index contributed by atoms with van der Waals surface area (Å²) < 4.78 is 7.50. The molecule has 4 rings (SSSR count). The zero-order valence-electron chi connectivity index (χ0n) is 13.4. The van der Waals surface area contributed by atoms with Crippen molar-refractivity contribution in [3.63, 3.8) is 0 Å². The van der Waals surface area contributed by atoms with Crippen molar-refractivity contribution >= 4 is 42.8 Å². The van der Waals surface area contributed by atoms with Crippen LogP contribution in [-0.4, -0.2) is 12.1 Å². The zero-order chi connectivity index (χ0) is 16.7. The van der Waals surface area contributed by atoms with Crippen LogP contribution in [0.25, 0.3) is 10.9 Å². The van der Waals surface area contributed by atoms with E-state index >= 15 is 0 Å². The predicted molar refractivity (Wildman–Crippen MR) is 105 cm³/mol. The molecule has 3 aromatic rings. The second-order valence-corrected chi connectivity index (χ2v) is 8.04. The molecule has 0 radical (unpaired) electrons. The number of aromatic nitrogens is 1. The van der Waals surface area contributed by atoms with Crippen molar-refractivity contribution in [2.24, 2.45) is 0 Å². The van der Waals surface area contributed by atoms with E-state index in [1.54, 1.807) is 7.11 Å². The summed E-state index contributed by atoms with van der Waals surface area (Å²) in [6.45, 7) is 0. The SMILES string of the molecule is COc1cccc([C@H]2CCc3nc4c(Br)cc(Br)cc4cc3C2)c1. The molecule has 0 aliphatic heterocycles. The standard InChI is InChI=1S/C20H17Br2NO/c1-24-17-4-2-3-12(10-17)13-5-6-19-14(7-13)8-15-9-16(21)11-18(22)20(15)23-19/h2-4,8-11,13H,5-7H2,1H3/t13-/m0/s1. The molecule has 0 fully saturated rings. The molecule has 0 bridgehead atoms. The van der Waals surface area contributed by atoms with Crippen LogP contribution in [0.1, 0.15) is 29.2 Å². The molecule has 0 N–H and O–H groups in total. The van der Waals surface area contributed by atoms with Gasteiger partial charge in [-0.25, -0.2) is 0 Å². The van der Waals surface area contributed by atoms with Crippen LogP contribution >= 0.6 is 31.9 Å². The lowest BCUT2D eigenvalue weighted by atomic mass is 9.82. The number of benzene rings is 2. The maximum Gasteiger partial charge on any atom is 0.119 e. The third kappa shape index (κ3) is 2.98. The Balaban J connectivity index is 1.73. The number of rotatable bonds is 2. The highest BCUT2D eigenvalue weighted by atomic mass is 79.9. The first-order valence-corrected chi connectivity index (χ1v) is 9.64. The molecule has 1 aliphatic carbocycles. The van der Waals surface area contributed by atoms with Crippen molar-refractivity contribution in [1.82, 2.24) is 4.98 Å². The van der Waals surface area contributed by atoms with Gasteiger partial charge in [0.15, 0.2) is 0 Å². The van der Waals surface area contributed by atoms with Gasteiger partial charge in [0, 0.05) is 20.0 Å². The molecular weight excluding hydrogens is 430 g/mol. The second-order valence-electron chi connectivity index (χ2n) is 6.27. The average Bonchev–Trinajstić information content (AvgIpc) is 2.60. The number of halogens is 2. The van der Waals surface area contributed by atoms with Crippen LogP contribution in [0, 0.1) is 0 Å². The van der Waals surface area contributed by atoms with E-state index in [1.165, 1.54) is 22.2 Å². The maximum atomic E-state index is 5.38. The van der Waals surface area contributed by atoms with Crippen LogP contribution in [0.2, 0.25) is 0 Å². The van der Waals surface area contributed by atoms with Gasteiger partial charge in [-0.2, -0.15) is 0 Å². The smallest absolute Gasteiger partial charge is 0.119 e. The lowest BCUT2D eigenvalue weighted by Gasteiger charge is -2.25. The van der Waals surface area contributed by atoms with Crippen LogP contribution in [0.5, 0.6) is 5.75 Å². The summed E-state index contributed by atoms with van der Waals surface area (Å²) in [7, 11) is 1.72. The third-order valence-electron chi connectivity index (χ3n) is 4.77. The van der Waals surface area contributed by atoms with Gasteiger partial charge in [0.25, 0.3) is 0 Å².